The molecule has 0 radical (unpaired) electrons. The second-order valence-electron chi connectivity index (χ2n) is 9.95. The third kappa shape index (κ3) is 4.51. The lowest BCUT2D eigenvalue weighted by Gasteiger charge is -2.38. The summed E-state index contributed by atoms with van der Waals surface area (Å²) in [6, 6.07) is 20.4. The van der Waals surface area contributed by atoms with E-state index in [1.165, 1.54) is 0 Å². The molecule has 1 saturated heterocycles. The van der Waals surface area contributed by atoms with E-state index < -0.39 is 20.7 Å². The first kappa shape index (κ1) is 23.7. The standard InChI is InChI=1S/C27H31N5O2S/c1-21-7-12-26(23-5-3-2-4-6-23)35(33,34)32(21)17-22-8-10-24(11-9-22)27(18-28)15-13-25(14-16-27)31-19-29-30-20-31/h2-6,8-11,19-21,25-26H,7,12-17H2,1H3/t21-,25?,26+,27?/m0/s1. The maximum Gasteiger partial charge on any atom is 0.221 e. The SMILES string of the molecule is C[C@H]1CC[C@H](c2ccccc2)S(=O)(=O)N1Cc1ccc(C2(C#N)CCC(n3cnnc3)CC2)cc1. The van der Waals surface area contributed by atoms with Crippen molar-refractivity contribution < 1.29 is 8.42 Å². The molecule has 2 heterocycles. The van der Waals surface area contributed by atoms with Gasteiger partial charge in [-0.25, -0.2) is 8.42 Å². The van der Waals surface area contributed by atoms with Gasteiger partial charge in [-0.1, -0.05) is 54.6 Å². The van der Waals surface area contributed by atoms with Crippen LogP contribution in [0.25, 0.3) is 0 Å². The Bertz CT molecular complexity index is 1280. The summed E-state index contributed by atoms with van der Waals surface area (Å²) in [5.74, 6) is 0. The van der Waals surface area contributed by atoms with Crippen LogP contribution in [0.3, 0.4) is 0 Å². The minimum Gasteiger partial charge on any atom is -0.317 e. The zero-order valence-corrected chi connectivity index (χ0v) is 20.8. The highest BCUT2D eigenvalue weighted by Gasteiger charge is 2.41. The highest BCUT2D eigenvalue weighted by Crippen LogP contribution is 2.43. The van der Waals surface area contributed by atoms with E-state index in [1.54, 1.807) is 17.0 Å². The van der Waals surface area contributed by atoms with Crippen LogP contribution in [0.5, 0.6) is 0 Å². The molecule has 2 fully saturated rings. The summed E-state index contributed by atoms with van der Waals surface area (Å²) in [7, 11) is -3.47. The number of nitriles is 1. The summed E-state index contributed by atoms with van der Waals surface area (Å²) in [6.45, 7) is 2.34. The lowest BCUT2D eigenvalue weighted by molar-refractivity contribution is 0.277. The molecule has 1 aliphatic carbocycles. The molecule has 3 aromatic rings. The Labute approximate surface area is 207 Å². The lowest BCUT2D eigenvalue weighted by atomic mass is 9.69. The molecule has 1 saturated carbocycles. The molecular formula is C27H31N5O2S. The van der Waals surface area contributed by atoms with Gasteiger partial charge in [0.25, 0.3) is 0 Å². The van der Waals surface area contributed by atoms with Crippen LogP contribution in [-0.2, 0) is 22.0 Å². The molecule has 0 unspecified atom stereocenters. The fraction of sp³-hybridized carbons (Fsp3) is 0.444. The molecule has 0 spiro atoms. The maximum atomic E-state index is 13.5. The van der Waals surface area contributed by atoms with Crippen LogP contribution < -0.4 is 0 Å². The van der Waals surface area contributed by atoms with Crippen molar-refractivity contribution in [3.8, 4) is 6.07 Å². The number of hydrogen-bond acceptors (Lipinski definition) is 5. The number of rotatable bonds is 5. The topological polar surface area (TPSA) is 91.9 Å². The molecule has 0 amide bonds. The molecule has 5 rings (SSSR count). The van der Waals surface area contributed by atoms with E-state index in [2.05, 4.69) is 16.3 Å². The van der Waals surface area contributed by atoms with Gasteiger partial charge in [-0.3, -0.25) is 0 Å². The van der Waals surface area contributed by atoms with Gasteiger partial charge < -0.3 is 4.57 Å². The summed E-state index contributed by atoms with van der Waals surface area (Å²) in [4.78, 5) is 0. The summed E-state index contributed by atoms with van der Waals surface area (Å²) in [5.41, 5.74) is 2.32. The summed E-state index contributed by atoms with van der Waals surface area (Å²) >= 11 is 0. The molecule has 1 aliphatic heterocycles. The van der Waals surface area contributed by atoms with Crippen molar-refractivity contribution in [3.05, 3.63) is 83.9 Å². The average molecular weight is 490 g/mol. The van der Waals surface area contributed by atoms with E-state index in [1.807, 2.05) is 66.1 Å². The first-order valence-electron chi connectivity index (χ1n) is 12.3. The number of nitrogens with zero attached hydrogens (tertiary/aromatic N) is 5. The van der Waals surface area contributed by atoms with Crippen molar-refractivity contribution in [1.82, 2.24) is 19.1 Å². The van der Waals surface area contributed by atoms with Gasteiger partial charge in [0.15, 0.2) is 0 Å². The predicted molar refractivity (Wildman–Crippen MR) is 134 cm³/mol. The van der Waals surface area contributed by atoms with E-state index in [-0.39, 0.29) is 6.04 Å². The van der Waals surface area contributed by atoms with Gasteiger partial charge in [-0.15, -0.1) is 10.2 Å². The number of hydrogen-bond donors (Lipinski definition) is 0. The van der Waals surface area contributed by atoms with Crippen LogP contribution in [-0.4, -0.2) is 33.5 Å². The molecule has 2 aliphatic rings. The zero-order chi connectivity index (χ0) is 24.5. The minimum atomic E-state index is -3.47. The quantitative estimate of drug-likeness (QED) is 0.508. The smallest absolute Gasteiger partial charge is 0.221 e. The summed E-state index contributed by atoms with van der Waals surface area (Å²) < 4.78 is 30.8. The Hall–Kier alpha value is -3.02. The van der Waals surface area contributed by atoms with Crippen LogP contribution in [0.1, 0.15) is 73.4 Å². The second kappa shape index (κ2) is 9.56. The number of aromatic nitrogens is 3. The Balaban J connectivity index is 1.32. The fourth-order valence-corrected chi connectivity index (χ4v) is 7.91. The molecule has 2 atom stereocenters. The molecule has 182 valence electrons. The lowest BCUT2D eigenvalue weighted by Crippen LogP contribution is -2.44. The first-order chi connectivity index (χ1) is 16.9. The highest BCUT2D eigenvalue weighted by atomic mass is 32.2. The van der Waals surface area contributed by atoms with Gasteiger partial charge in [0.1, 0.15) is 17.9 Å². The second-order valence-corrected chi connectivity index (χ2v) is 12.0. The Morgan fingerprint density at radius 3 is 2.26 bits per heavy atom. The third-order valence-electron chi connectivity index (χ3n) is 7.92. The number of benzene rings is 2. The van der Waals surface area contributed by atoms with E-state index in [4.69, 9.17) is 0 Å². The van der Waals surface area contributed by atoms with Gasteiger partial charge in [-0.2, -0.15) is 9.57 Å². The molecule has 0 bridgehead atoms. The van der Waals surface area contributed by atoms with Gasteiger partial charge in [0.05, 0.1) is 11.5 Å². The molecule has 7 nitrogen and oxygen atoms in total. The average Bonchev–Trinajstić information content (AvgIpc) is 3.42. The van der Waals surface area contributed by atoms with E-state index in [9.17, 15) is 13.7 Å². The van der Waals surface area contributed by atoms with Gasteiger partial charge in [0, 0.05) is 18.6 Å². The Kier molecular flexibility index (Phi) is 6.47. The third-order valence-corrected chi connectivity index (χ3v) is 10.3. The van der Waals surface area contributed by atoms with Crippen molar-refractivity contribution in [2.24, 2.45) is 0 Å². The first-order valence-corrected chi connectivity index (χ1v) is 13.8. The van der Waals surface area contributed by atoms with Crippen molar-refractivity contribution in [1.29, 1.82) is 5.26 Å². The highest BCUT2D eigenvalue weighted by molar-refractivity contribution is 7.89. The molecule has 35 heavy (non-hydrogen) atoms. The van der Waals surface area contributed by atoms with Gasteiger partial charge >= 0.3 is 0 Å². The Morgan fingerprint density at radius 2 is 1.63 bits per heavy atom. The predicted octanol–water partition coefficient (Wildman–Crippen LogP) is 4.91. The molecule has 2 aromatic carbocycles. The van der Waals surface area contributed by atoms with Crippen LogP contribution >= 0.6 is 0 Å². The summed E-state index contributed by atoms with van der Waals surface area (Å²) in [5, 5.41) is 17.4. The summed E-state index contributed by atoms with van der Waals surface area (Å²) in [6.07, 6.45) is 8.33. The van der Waals surface area contributed by atoms with Crippen LogP contribution in [0.2, 0.25) is 0 Å². The van der Waals surface area contributed by atoms with Crippen molar-refractivity contribution >= 4 is 10.0 Å². The van der Waals surface area contributed by atoms with E-state index in [0.29, 0.717) is 19.0 Å². The largest absolute Gasteiger partial charge is 0.317 e. The van der Waals surface area contributed by atoms with Crippen LogP contribution in [0.4, 0.5) is 0 Å². The van der Waals surface area contributed by atoms with Crippen LogP contribution in [0, 0.1) is 11.3 Å². The zero-order valence-electron chi connectivity index (χ0n) is 20.0. The fourth-order valence-electron chi connectivity index (χ4n) is 5.72. The van der Waals surface area contributed by atoms with Gasteiger partial charge in [-0.05, 0) is 62.1 Å². The number of sulfonamides is 1. The van der Waals surface area contributed by atoms with Crippen molar-refractivity contribution in [2.45, 2.75) is 74.7 Å². The molecule has 0 N–H and O–H groups in total. The molecular weight excluding hydrogens is 458 g/mol. The van der Waals surface area contributed by atoms with E-state index in [0.717, 1.165) is 48.8 Å². The Morgan fingerprint density at radius 1 is 0.971 bits per heavy atom. The van der Waals surface area contributed by atoms with E-state index >= 15 is 0 Å². The normalized spacial score (nSPS) is 28.9. The monoisotopic (exact) mass is 489 g/mol. The van der Waals surface area contributed by atoms with Crippen molar-refractivity contribution in [3.63, 3.8) is 0 Å². The van der Waals surface area contributed by atoms with Crippen LogP contribution in [0.15, 0.2) is 67.3 Å². The van der Waals surface area contributed by atoms with Gasteiger partial charge in [0.2, 0.25) is 10.0 Å². The molecule has 1 aromatic heterocycles. The minimum absolute atomic E-state index is 0.0435. The maximum absolute atomic E-state index is 13.5. The molecule has 8 heteroatoms. The van der Waals surface area contributed by atoms with Crippen molar-refractivity contribution in [2.75, 3.05) is 0 Å².